The van der Waals surface area contributed by atoms with Crippen molar-refractivity contribution in [1.29, 1.82) is 0 Å². The van der Waals surface area contributed by atoms with Crippen molar-refractivity contribution in [2.75, 3.05) is 6.61 Å². The Labute approximate surface area is 183 Å². The van der Waals surface area contributed by atoms with Crippen LogP contribution in [0, 0.1) is 5.82 Å². The molecule has 3 aromatic rings. The average Bonchev–Trinajstić information content (AvgIpc) is 2.76. The van der Waals surface area contributed by atoms with Gasteiger partial charge < -0.3 is 9.84 Å². The number of nitrogens with one attached hydrogen (secondary N) is 1. The summed E-state index contributed by atoms with van der Waals surface area (Å²) in [7, 11) is 0. The van der Waals surface area contributed by atoms with Crippen LogP contribution in [-0.2, 0) is 0 Å². The summed E-state index contributed by atoms with van der Waals surface area (Å²) in [5.41, 5.74) is 3.53. The fourth-order valence-corrected chi connectivity index (χ4v) is 3.90. The van der Waals surface area contributed by atoms with Gasteiger partial charge in [0.15, 0.2) is 11.5 Å². The number of phenolic OH excluding ortho intramolecular Hbond substituents is 1. The number of phenols is 1. The Morgan fingerprint density at radius 3 is 2.53 bits per heavy atom. The van der Waals surface area contributed by atoms with Crippen LogP contribution in [0.1, 0.15) is 42.2 Å². The average molecular weight is 469 g/mol. The number of hydrogen-bond donors (Lipinski definition) is 2. The quantitative estimate of drug-likeness (QED) is 0.488. The van der Waals surface area contributed by atoms with Gasteiger partial charge in [-0.2, -0.15) is 0 Å². The Kier molecular flexibility index (Phi) is 6.16. The fourth-order valence-electron chi connectivity index (χ4n) is 3.63. The first-order chi connectivity index (χ1) is 14.5. The maximum Gasteiger partial charge on any atom is 0.162 e. The lowest BCUT2D eigenvalue weighted by Gasteiger charge is -2.31. The summed E-state index contributed by atoms with van der Waals surface area (Å²) in [6.07, 6.45) is 0.237. The van der Waals surface area contributed by atoms with Crippen LogP contribution >= 0.6 is 15.9 Å². The van der Waals surface area contributed by atoms with Crippen LogP contribution < -0.4 is 10.1 Å². The van der Waals surface area contributed by atoms with Crippen molar-refractivity contribution >= 4 is 21.6 Å². The Balaban J connectivity index is 1.74. The van der Waals surface area contributed by atoms with Crippen LogP contribution in [0.5, 0.6) is 11.5 Å². The molecular formula is C24H22BrFN2O2. The molecule has 0 aromatic heterocycles. The number of aromatic hydroxyl groups is 1. The van der Waals surface area contributed by atoms with E-state index < -0.39 is 0 Å². The molecule has 0 radical (unpaired) electrons. The SMILES string of the molecule is CCOc1cccc([C@@H]2CC(c3ccc(Br)cc3)=N[C@H](c3ccc(F)cc3)N2)c1O. The standard InChI is InChI=1S/C24H22BrFN2O2/c1-2-30-22-5-3-4-19(23(22)29)21-14-20(15-6-10-17(25)11-7-15)27-24(28-21)16-8-12-18(26)13-9-16/h3-13,21,24,28-29H,2,14H2,1H3/t21-,24-/m0/s1. The zero-order chi connectivity index (χ0) is 21.1. The van der Waals surface area contributed by atoms with Gasteiger partial charge in [-0.05, 0) is 48.4 Å². The zero-order valence-corrected chi connectivity index (χ0v) is 18.1. The highest BCUT2D eigenvalue weighted by molar-refractivity contribution is 9.10. The Morgan fingerprint density at radius 1 is 1.10 bits per heavy atom. The van der Waals surface area contributed by atoms with E-state index in [2.05, 4.69) is 21.2 Å². The summed E-state index contributed by atoms with van der Waals surface area (Å²) in [5, 5.41) is 14.3. The Bertz CT molecular complexity index is 1050. The smallest absolute Gasteiger partial charge is 0.162 e. The van der Waals surface area contributed by atoms with Crippen LogP contribution in [0.25, 0.3) is 0 Å². The van der Waals surface area contributed by atoms with Crippen LogP contribution in [-0.4, -0.2) is 17.4 Å². The van der Waals surface area contributed by atoms with E-state index in [0.717, 1.165) is 26.9 Å². The maximum absolute atomic E-state index is 13.4. The number of hydrogen-bond acceptors (Lipinski definition) is 4. The molecule has 0 fully saturated rings. The van der Waals surface area contributed by atoms with Gasteiger partial charge in [-0.3, -0.25) is 10.3 Å². The predicted octanol–water partition coefficient (Wildman–Crippen LogP) is 5.92. The van der Waals surface area contributed by atoms with Crippen LogP contribution in [0.4, 0.5) is 4.39 Å². The first-order valence-corrected chi connectivity index (χ1v) is 10.6. The molecule has 0 aliphatic carbocycles. The third-order valence-electron chi connectivity index (χ3n) is 5.11. The highest BCUT2D eigenvalue weighted by Crippen LogP contribution is 2.39. The molecule has 0 saturated heterocycles. The minimum Gasteiger partial charge on any atom is -0.504 e. The van der Waals surface area contributed by atoms with Gasteiger partial charge in [0.05, 0.1) is 6.61 Å². The molecule has 0 amide bonds. The normalized spacial score (nSPS) is 18.7. The summed E-state index contributed by atoms with van der Waals surface area (Å²) < 4.78 is 20.0. The molecular weight excluding hydrogens is 447 g/mol. The number of ether oxygens (including phenoxy) is 1. The molecule has 3 aromatic carbocycles. The molecule has 2 atom stereocenters. The van der Waals surface area contributed by atoms with Gasteiger partial charge >= 0.3 is 0 Å². The minimum absolute atomic E-state index is 0.131. The van der Waals surface area contributed by atoms with E-state index in [4.69, 9.17) is 9.73 Å². The van der Waals surface area contributed by atoms with Crippen LogP contribution in [0.3, 0.4) is 0 Å². The number of nitrogens with zero attached hydrogens (tertiary/aromatic N) is 1. The van der Waals surface area contributed by atoms with E-state index in [1.54, 1.807) is 18.2 Å². The zero-order valence-electron chi connectivity index (χ0n) is 16.5. The molecule has 154 valence electrons. The van der Waals surface area contributed by atoms with Gasteiger partial charge in [0.25, 0.3) is 0 Å². The van der Waals surface area contributed by atoms with E-state index in [0.29, 0.717) is 18.8 Å². The minimum atomic E-state index is -0.363. The maximum atomic E-state index is 13.4. The molecule has 4 rings (SSSR count). The molecule has 1 heterocycles. The Hall–Kier alpha value is -2.70. The lowest BCUT2D eigenvalue weighted by molar-refractivity contribution is 0.313. The van der Waals surface area contributed by atoms with Crippen molar-refractivity contribution < 1.29 is 14.2 Å². The van der Waals surface area contributed by atoms with Crippen molar-refractivity contribution in [1.82, 2.24) is 5.32 Å². The second-order valence-electron chi connectivity index (χ2n) is 7.09. The Morgan fingerprint density at radius 2 is 1.83 bits per heavy atom. The summed E-state index contributed by atoms with van der Waals surface area (Å²) in [4.78, 5) is 4.90. The van der Waals surface area contributed by atoms with Gasteiger partial charge in [0.1, 0.15) is 12.0 Å². The molecule has 6 heteroatoms. The van der Waals surface area contributed by atoms with Gasteiger partial charge in [-0.25, -0.2) is 4.39 Å². The summed E-state index contributed by atoms with van der Waals surface area (Å²) >= 11 is 3.47. The molecule has 2 N–H and O–H groups in total. The molecule has 0 saturated carbocycles. The van der Waals surface area contributed by atoms with Crippen LogP contribution in [0.15, 0.2) is 76.2 Å². The highest BCUT2D eigenvalue weighted by Gasteiger charge is 2.28. The molecule has 4 nitrogen and oxygen atoms in total. The molecule has 0 bridgehead atoms. The number of rotatable bonds is 5. The lowest BCUT2D eigenvalue weighted by atomic mass is 9.93. The summed E-state index contributed by atoms with van der Waals surface area (Å²) in [5.74, 6) is 0.305. The molecule has 1 aliphatic heterocycles. The van der Waals surface area contributed by atoms with Gasteiger partial charge in [0, 0.05) is 28.2 Å². The second kappa shape index (κ2) is 8.98. The second-order valence-corrected chi connectivity index (χ2v) is 8.00. The monoisotopic (exact) mass is 468 g/mol. The van der Waals surface area contributed by atoms with Gasteiger partial charge in [0.2, 0.25) is 0 Å². The molecule has 0 unspecified atom stereocenters. The summed E-state index contributed by atoms with van der Waals surface area (Å²) in [6, 6.07) is 19.7. The van der Waals surface area contributed by atoms with E-state index in [9.17, 15) is 9.50 Å². The largest absolute Gasteiger partial charge is 0.504 e. The third-order valence-corrected chi connectivity index (χ3v) is 5.64. The van der Waals surface area contributed by atoms with E-state index in [1.165, 1.54) is 12.1 Å². The third kappa shape index (κ3) is 4.40. The summed E-state index contributed by atoms with van der Waals surface area (Å²) in [6.45, 7) is 2.35. The van der Waals surface area contributed by atoms with Crippen molar-refractivity contribution in [3.8, 4) is 11.5 Å². The van der Waals surface area contributed by atoms with Crippen molar-refractivity contribution in [2.24, 2.45) is 4.99 Å². The fraction of sp³-hybridized carbons (Fsp3) is 0.208. The number of benzene rings is 3. The predicted molar refractivity (Wildman–Crippen MR) is 120 cm³/mol. The van der Waals surface area contributed by atoms with E-state index in [-0.39, 0.29) is 23.8 Å². The first-order valence-electron chi connectivity index (χ1n) is 9.84. The van der Waals surface area contributed by atoms with Crippen molar-refractivity contribution in [2.45, 2.75) is 25.6 Å². The van der Waals surface area contributed by atoms with Crippen molar-refractivity contribution in [3.63, 3.8) is 0 Å². The van der Waals surface area contributed by atoms with Gasteiger partial charge in [-0.15, -0.1) is 0 Å². The van der Waals surface area contributed by atoms with Gasteiger partial charge in [-0.1, -0.05) is 52.3 Å². The molecule has 30 heavy (non-hydrogen) atoms. The number of para-hydroxylation sites is 1. The lowest BCUT2D eigenvalue weighted by Crippen LogP contribution is -2.33. The highest BCUT2D eigenvalue weighted by atomic mass is 79.9. The van der Waals surface area contributed by atoms with E-state index in [1.807, 2.05) is 43.3 Å². The number of aliphatic imine (C=N–C) groups is 1. The van der Waals surface area contributed by atoms with Crippen LogP contribution in [0.2, 0.25) is 0 Å². The topological polar surface area (TPSA) is 53.8 Å². The first kappa shape index (κ1) is 20.6. The number of halogens is 2. The molecule has 0 spiro atoms. The molecule has 1 aliphatic rings. The van der Waals surface area contributed by atoms with Crippen molar-refractivity contribution in [3.05, 3.63) is 93.7 Å². The van der Waals surface area contributed by atoms with E-state index >= 15 is 0 Å².